The van der Waals surface area contributed by atoms with Crippen molar-refractivity contribution in [3.8, 4) is 0 Å². The average Bonchev–Trinajstić information content (AvgIpc) is 2.93. The summed E-state index contributed by atoms with van der Waals surface area (Å²) in [6.45, 7) is 9.75. The number of para-hydroxylation sites is 1. The smallest absolute Gasteiger partial charge is 0.0712 e. The first-order valence-corrected chi connectivity index (χ1v) is 8.40. The van der Waals surface area contributed by atoms with Crippen molar-refractivity contribution >= 4 is 11.3 Å². The predicted molar refractivity (Wildman–Crippen MR) is 104 cm³/mol. The van der Waals surface area contributed by atoms with E-state index in [1.807, 2.05) is 51.1 Å². The molecule has 0 saturated carbocycles. The predicted octanol–water partition coefficient (Wildman–Crippen LogP) is 4.43. The van der Waals surface area contributed by atoms with Gasteiger partial charge >= 0.3 is 0 Å². The SMILES string of the molecule is C=CN=C(/C=C\C)C1=c2ccccc2=NC2=CC=CC=C1C2.CC. The van der Waals surface area contributed by atoms with Gasteiger partial charge < -0.3 is 0 Å². The van der Waals surface area contributed by atoms with E-state index in [4.69, 9.17) is 4.99 Å². The van der Waals surface area contributed by atoms with Crippen LogP contribution in [-0.4, -0.2) is 5.71 Å². The van der Waals surface area contributed by atoms with Gasteiger partial charge in [0.25, 0.3) is 0 Å². The quantitative estimate of drug-likeness (QED) is 0.737. The molecule has 2 bridgehead atoms. The molecule has 24 heavy (non-hydrogen) atoms. The summed E-state index contributed by atoms with van der Waals surface area (Å²) in [6, 6.07) is 8.23. The summed E-state index contributed by atoms with van der Waals surface area (Å²) >= 11 is 0. The fourth-order valence-corrected chi connectivity index (χ4v) is 2.76. The fraction of sp³-hybridized carbons (Fsp3) is 0.182. The third-order valence-electron chi connectivity index (χ3n) is 3.64. The maximum absolute atomic E-state index is 4.82. The molecule has 1 aliphatic carbocycles. The van der Waals surface area contributed by atoms with Crippen LogP contribution in [0.2, 0.25) is 0 Å². The highest BCUT2D eigenvalue weighted by Gasteiger charge is 2.16. The molecule has 0 amide bonds. The van der Waals surface area contributed by atoms with Crippen molar-refractivity contribution in [2.24, 2.45) is 9.98 Å². The summed E-state index contributed by atoms with van der Waals surface area (Å²) < 4.78 is 0. The molecule has 0 N–H and O–H groups in total. The van der Waals surface area contributed by atoms with E-state index in [0.29, 0.717) is 0 Å². The van der Waals surface area contributed by atoms with Gasteiger partial charge in [-0.25, -0.2) is 0 Å². The minimum absolute atomic E-state index is 0.810. The zero-order valence-corrected chi connectivity index (χ0v) is 14.7. The Morgan fingerprint density at radius 3 is 2.67 bits per heavy atom. The molecule has 0 radical (unpaired) electrons. The number of hydrogen-bond acceptors (Lipinski definition) is 2. The lowest BCUT2D eigenvalue weighted by Gasteiger charge is -2.10. The number of hydrogen-bond donors (Lipinski definition) is 0. The summed E-state index contributed by atoms with van der Waals surface area (Å²) in [6.07, 6.45) is 14.8. The second-order valence-electron chi connectivity index (χ2n) is 5.11. The molecule has 2 nitrogen and oxygen atoms in total. The molecule has 0 unspecified atom stereocenters. The van der Waals surface area contributed by atoms with Crippen LogP contribution in [0.5, 0.6) is 0 Å². The fourth-order valence-electron chi connectivity index (χ4n) is 2.76. The van der Waals surface area contributed by atoms with Crippen LogP contribution in [0.1, 0.15) is 27.2 Å². The van der Waals surface area contributed by atoms with E-state index < -0.39 is 0 Å². The van der Waals surface area contributed by atoms with E-state index in [1.165, 1.54) is 5.57 Å². The lowest BCUT2D eigenvalue weighted by atomic mass is 9.95. The van der Waals surface area contributed by atoms with Crippen LogP contribution >= 0.6 is 0 Å². The highest BCUT2D eigenvalue weighted by atomic mass is 14.8. The van der Waals surface area contributed by atoms with Crippen LogP contribution in [0.4, 0.5) is 0 Å². The van der Waals surface area contributed by atoms with Crippen molar-refractivity contribution in [2.75, 3.05) is 0 Å². The van der Waals surface area contributed by atoms with Crippen molar-refractivity contribution in [1.29, 1.82) is 0 Å². The standard InChI is InChI=1S/C20H18N2.C2H6/c1-3-9-19(21-4-2)20-15-10-5-6-11-16(14-15)22-18-13-8-7-12-17(18)20;1-2/h3-13H,2,14H2,1H3;1-2H3/b9-3-,21-19?;. The van der Waals surface area contributed by atoms with Gasteiger partial charge in [-0.3, -0.25) is 9.98 Å². The van der Waals surface area contributed by atoms with Crippen molar-refractivity contribution in [3.63, 3.8) is 0 Å². The third-order valence-corrected chi connectivity index (χ3v) is 3.64. The first-order chi connectivity index (χ1) is 11.8. The first kappa shape index (κ1) is 17.6. The summed E-state index contributed by atoms with van der Waals surface area (Å²) in [5.74, 6) is 0. The molecule has 0 atom stereocenters. The highest BCUT2D eigenvalue weighted by Crippen LogP contribution is 2.25. The lowest BCUT2D eigenvalue weighted by molar-refractivity contribution is 1.10. The molecule has 0 aromatic heterocycles. The Kier molecular flexibility index (Phi) is 6.44. The first-order valence-electron chi connectivity index (χ1n) is 8.40. The molecule has 1 aromatic rings. The molecule has 1 heterocycles. The third kappa shape index (κ3) is 3.77. The van der Waals surface area contributed by atoms with Crippen molar-refractivity contribution in [3.05, 3.63) is 95.3 Å². The molecular formula is C22H24N2. The number of nitrogens with zero attached hydrogens (tertiary/aromatic N) is 2. The molecule has 1 aliphatic heterocycles. The van der Waals surface area contributed by atoms with Gasteiger partial charge in [-0.05, 0) is 30.7 Å². The van der Waals surface area contributed by atoms with Crippen molar-refractivity contribution in [1.82, 2.24) is 0 Å². The molecule has 122 valence electrons. The molecule has 0 spiro atoms. The number of allylic oxidation sites excluding steroid dienone is 7. The Morgan fingerprint density at radius 1 is 1.17 bits per heavy atom. The van der Waals surface area contributed by atoms with E-state index in [9.17, 15) is 0 Å². The number of rotatable bonds is 3. The Balaban J connectivity index is 0.00000100. The van der Waals surface area contributed by atoms with Gasteiger partial charge in [-0.1, -0.05) is 62.9 Å². The largest absolute Gasteiger partial charge is 0.257 e. The van der Waals surface area contributed by atoms with E-state index in [1.54, 1.807) is 6.20 Å². The van der Waals surface area contributed by atoms with Crippen LogP contribution < -0.4 is 10.6 Å². The summed E-state index contributed by atoms with van der Waals surface area (Å²) in [5, 5.41) is 2.11. The summed E-state index contributed by atoms with van der Waals surface area (Å²) in [5.41, 5.74) is 4.35. The van der Waals surface area contributed by atoms with E-state index in [2.05, 4.69) is 41.9 Å². The Hall–Kier alpha value is -2.74. The van der Waals surface area contributed by atoms with E-state index in [-0.39, 0.29) is 0 Å². The van der Waals surface area contributed by atoms with Gasteiger partial charge in [0.1, 0.15) is 0 Å². The summed E-state index contributed by atoms with van der Waals surface area (Å²) in [4.78, 5) is 9.30. The zero-order chi connectivity index (χ0) is 17.4. The van der Waals surface area contributed by atoms with Crippen LogP contribution in [-0.2, 0) is 0 Å². The zero-order valence-electron chi connectivity index (χ0n) is 14.7. The van der Waals surface area contributed by atoms with Crippen LogP contribution in [0.3, 0.4) is 0 Å². The Bertz CT molecular complexity index is 875. The van der Waals surface area contributed by atoms with E-state index in [0.717, 1.165) is 34.0 Å². The van der Waals surface area contributed by atoms with Gasteiger partial charge in [0.15, 0.2) is 0 Å². The second kappa shape index (κ2) is 8.78. The van der Waals surface area contributed by atoms with Gasteiger partial charge in [0.2, 0.25) is 0 Å². The van der Waals surface area contributed by atoms with Crippen LogP contribution in [0, 0.1) is 0 Å². The van der Waals surface area contributed by atoms with Crippen molar-refractivity contribution < 1.29 is 0 Å². The van der Waals surface area contributed by atoms with Gasteiger partial charge in [0.05, 0.1) is 11.1 Å². The molecular weight excluding hydrogens is 292 g/mol. The maximum atomic E-state index is 4.82. The minimum Gasteiger partial charge on any atom is -0.257 e. The molecule has 2 aliphatic rings. The van der Waals surface area contributed by atoms with E-state index >= 15 is 0 Å². The normalized spacial score (nSPS) is 16.0. The molecule has 1 aromatic carbocycles. The number of aliphatic imine (C=N–C) groups is 1. The minimum atomic E-state index is 0.810. The summed E-state index contributed by atoms with van der Waals surface area (Å²) in [7, 11) is 0. The van der Waals surface area contributed by atoms with Crippen molar-refractivity contribution in [2.45, 2.75) is 27.2 Å². The van der Waals surface area contributed by atoms with Crippen LogP contribution in [0.25, 0.3) is 5.57 Å². The number of fused-ring (bicyclic) bond motifs is 3. The maximum Gasteiger partial charge on any atom is 0.0712 e. The molecule has 0 fully saturated rings. The van der Waals surface area contributed by atoms with Gasteiger partial charge in [-0.15, -0.1) is 0 Å². The van der Waals surface area contributed by atoms with Gasteiger partial charge in [-0.2, -0.15) is 0 Å². The molecule has 2 heteroatoms. The Morgan fingerprint density at radius 2 is 1.92 bits per heavy atom. The molecule has 3 rings (SSSR count). The van der Waals surface area contributed by atoms with Gasteiger partial charge in [0, 0.05) is 29.1 Å². The monoisotopic (exact) mass is 316 g/mol. The highest BCUT2D eigenvalue weighted by molar-refractivity contribution is 6.29. The molecule has 0 saturated heterocycles. The number of benzene rings is 1. The Labute approximate surface area is 144 Å². The van der Waals surface area contributed by atoms with Crippen LogP contribution in [0.15, 0.2) is 94.8 Å². The topological polar surface area (TPSA) is 24.7 Å². The average molecular weight is 316 g/mol. The lowest BCUT2D eigenvalue weighted by Crippen LogP contribution is -2.28. The second-order valence-corrected chi connectivity index (χ2v) is 5.11.